The summed E-state index contributed by atoms with van der Waals surface area (Å²) in [5.74, 6) is 0.774. The molecule has 0 radical (unpaired) electrons. The molecule has 1 aliphatic heterocycles. The van der Waals surface area contributed by atoms with E-state index in [1.165, 1.54) is 12.8 Å². The number of rotatable bonds is 5. The molecule has 0 aliphatic carbocycles. The maximum atomic E-state index is 10.7. The summed E-state index contributed by atoms with van der Waals surface area (Å²) in [6.45, 7) is 5.81. The summed E-state index contributed by atoms with van der Waals surface area (Å²) in [6, 6.07) is 9.81. The number of nitrogens with zero attached hydrogens (tertiary/aromatic N) is 1. The van der Waals surface area contributed by atoms with Gasteiger partial charge in [-0.2, -0.15) is 0 Å². The molecule has 3 N–H and O–H groups in total. The Balaban J connectivity index is 1.95. The summed E-state index contributed by atoms with van der Waals surface area (Å²) in [5, 5.41) is 10.7. The van der Waals surface area contributed by atoms with E-state index in [1.54, 1.807) is 0 Å². The van der Waals surface area contributed by atoms with Crippen molar-refractivity contribution < 1.29 is 5.11 Å². The minimum Gasteiger partial charge on any atom is -0.384 e. The molecule has 19 heavy (non-hydrogen) atoms. The monoisotopic (exact) mass is 262 g/mol. The van der Waals surface area contributed by atoms with Crippen LogP contribution in [0.1, 0.15) is 31.7 Å². The van der Waals surface area contributed by atoms with Crippen LogP contribution in [0.3, 0.4) is 0 Å². The van der Waals surface area contributed by atoms with Crippen LogP contribution in [0.4, 0.5) is 0 Å². The van der Waals surface area contributed by atoms with Gasteiger partial charge in [-0.05, 0) is 37.3 Å². The van der Waals surface area contributed by atoms with Gasteiger partial charge in [0.15, 0.2) is 0 Å². The van der Waals surface area contributed by atoms with E-state index < -0.39 is 5.60 Å². The first kappa shape index (κ1) is 14.5. The number of nitrogens with two attached hydrogens (primary N) is 1. The molecule has 0 amide bonds. The topological polar surface area (TPSA) is 49.5 Å². The molecule has 106 valence electrons. The number of benzene rings is 1. The highest BCUT2D eigenvalue weighted by atomic mass is 16.3. The number of hydrogen-bond donors (Lipinski definition) is 2. The fourth-order valence-corrected chi connectivity index (χ4v) is 2.95. The standard InChI is InChI=1S/C16H26N2O/c1-14-6-5-10-18(12-14)11-9-16(19,13-17)15-7-3-2-4-8-15/h2-4,7-8,14,19H,5-6,9-13,17H2,1H3. The maximum Gasteiger partial charge on any atom is 0.103 e. The Morgan fingerprint density at radius 3 is 2.74 bits per heavy atom. The Hall–Kier alpha value is -0.900. The lowest BCUT2D eigenvalue weighted by molar-refractivity contribution is 0.0214. The third-order valence-electron chi connectivity index (χ3n) is 4.23. The van der Waals surface area contributed by atoms with Crippen molar-refractivity contribution in [2.24, 2.45) is 11.7 Å². The third kappa shape index (κ3) is 3.78. The van der Waals surface area contributed by atoms with Crippen molar-refractivity contribution in [3.8, 4) is 0 Å². The maximum absolute atomic E-state index is 10.7. The zero-order valence-electron chi connectivity index (χ0n) is 11.9. The molecule has 1 fully saturated rings. The van der Waals surface area contributed by atoms with Crippen LogP contribution in [0.5, 0.6) is 0 Å². The van der Waals surface area contributed by atoms with E-state index in [0.717, 1.165) is 31.1 Å². The second-order valence-electron chi connectivity index (χ2n) is 5.90. The summed E-state index contributed by atoms with van der Waals surface area (Å²) >= 11 is 0. The number of hydrogen-bond acceptors (Lipinski definition) is 3. The van der Waals surface area contributed by atoms with E-state index in [0.29, 0.717) is 6.42 Å². The van der Waals surface area contributed by atoms with Gasteiger partial charge in [-0.3, -0.25) is 0 Å². The van der Waals surface area contributed by atoms with Crippen molar-refractivity contribution in [2.75, 3.05) is 26.2 Å². The average molecular weight is 262 g/mol. The predicted molar refractivity (Wildman–Crippen MR) is 78.8 cm³/mol. The summed E-state index contributed by atoms with van der Waals surface area (Å²) in [6.07, 6.45) is 3.31. The molecule has 1 aliphatic rings. The molecule has 0 saturated carbocycles. The van der Waals surface area contributed by atoms with Crippen molar-refractivity contribution in [1.29, 1.82) is 0 Å². The van der Waals surface area contributed by atoms with Gasteiger partial charge in [0.05, 0.1) is 0 Å². The Labute approximate surface area is 116 Å². The Morgan fingerprint density at radius 1 is 1.37 bits per heavy atom. The average Bonchev–Trinajstić information content (AvgIpc) is 2.46. The first-order valence-corrected chi connectivity index (χ1v) is 7.34. The van der Waals surface area contributed by atoms with E-state index in [2.05, 4.69) is 11.8 Å². The summed E-state index contributed by atoms with van der Waals surface area (Å²) in [4.78, 5) is 2.46. The van der Waals surface area contributed by atoms with Gasteiger partial charge in [0.1, 0.15) is 5.60 Å². The molecule has 1 heterocycles. The zero-order chi connectivity index (χ0) is 13.7. The van der Waals surface area contributed by atoms with Gasteiger partial charge in [-0.15, -0.1) is 0 Å². The van der Waals surface area contributed by atoms with Gasteiger partial charge in [-0.25, -0.2) is 0 Å². The molecule has 0 aromatic heterocycles. The van der Waals surface area contributed by atoms with Crippen molar-refractivity contribution in [3.05, 3.63) is 35.9 Å². The quantitative estimate of drug-likeness (QED) is 0.853. The van der Waals surface area contributed by atoms with Crippen molar-refractivity contribution in [2.45, 2.75) is 31.8 Å². The van der Waals surface area contributed by atoms with Gasteiger partial charge >= 0.3 is 0 Å². The summed E-state index contributed by atoms with van der Waals surface area (Å²) in [5.41, 5.74) is 5.86. The largest absolute Gasteiger partial charge is 0.384 e. The van der Waals surface area contributed by atoms with Crippen LogP contribution >= 0.6 is 0 Å². The first-order valence-electron chi connectivity index (χ1n) is 7.34. The molecule has 0 spiro atoms. The van der Waals surface area contributed by atoms with Crippen LogP contribution in [-0.4, -0.2) is 36.2 Å². The molecule has 3 heteroatoms. The van der Waals surface area contributed by atoms with Gasteiger partial charge in [-0.1, -0.05) is 37.3 Å². The van der Waals surface area contributed by atoms with E-state index in [9.17, 15) is 5.11 Å². The lowest BCUT2D eigenvalue weighted by atomic mass is 9.89. The van der Waals surface area contributed by atoms with Gasteiger partial charge in [0, 0.05) is 19.6 Å². The molecule has 2 rings (SSSR count). The first-order chi connectivity index (χ1) is 9.14. The Morgan fingerprint density at radius 2 is 2.11 bits per heavy atom. The number of likely N-dealkylation sites (tertiary alicyclic amines) is 1. The minimum atomic E-state index is -0.887. The van der Waals surface area contributed by atoms with Gasteiger partial charge < -0.3 is 15.7 Å². The van der Waals surface area contributed by atoms with Crippen LogP contribution in [0, 0.1) is 5.92 Å². The highest BCUT2D eigenvalue weighted by Gasteiger charge is 2.28. The Bertz CT molecular complexity index is 382. The lowest BCUT2D eigenvalue weighted by Gasteiger charge is -2.34. The van der Waals surface area contributed by atoms with E-state index >= 15 is 0 Å². The highest BCUT2D eigenvalue weighted by Crippen LogP contribution is 2.25. The summed E-state index contributed by atoms with van der Waals surface area (Å²) in [7, 11) is 0. The predicted octanol–water partition coefficient (Wildman–Crippen LogP) is 1.95. The zero-order valence-corrected chi connectivity index (χ0v) is 11.9. The molecule has 1 aromatic carbocycles. The number of aliphatic hydroxyl groups is 1. The highest BCUT2D eigenvalue weighted by molar-refractivity contribution is 5.22. The molecule has 0 bridgehead atoms. The normalized spacial score (nSPS) is 24.1. The Kier molecular flexibility index (Phi) is 4.97. The van der Waals surface area contributed by atoms with Gasteiger partial charge in [0.25, 0.3) is 0 Å². The fourth-order valence-electron chi connectivity index (χ4n) is 2.95. The van der Waals surface area contributed by atoms with E-state index in [1.807, 2.05) is 30.3 Å². The van der Waals surface area contributed by atoms with E-state index in [4.69, 9.17) is 5.73 Å². The van der Waals surface area contributed by atoms with Crippen LogP contribution in [0.2, 0.25) is 0 Å². The molecular formula is C16H26N2O. The molecule has 2 atom stereocenters. The molecule has 2 unspecified atom stereocenters. The molecule has 1 saturated heterocycles. The molecular weight excluding hydrogens is 236 g/mol. The SMILES string of the molecule is CC1CCCN(CCC(O)(CN)c2ccccc2)C1. The van der Waals surface area contributed by atoms with Crippen LogP contribution < -0.4 is 5.73 Å². The fraction of sp³-hybridized carbons (Fsp3) is 0.625. The second kappa shape index (κ2) is 6.51. The molecule has 1 aromatic rings. The van der Waals surface area contributed by atoms with E-state index in [-0.39, 0.29) is 6.54 Å². The lowest BCUT2D eigenvalue weighted by Crippen LogP contribution is -2.41. The minimum absolute atomic E-state index is 0.278. The molecule has 3 nitrogen and oxygen atoms in total. The summed E-state index contributed by atoms with van der Waals surface area (Å²) < 4.78 is 0. The van der Waals surface area contributed by atoms with Crippen LogP contribution in [0.15, 0.2) is 30.3 Å². The van der Waals surface area contributed by atoms with Crippen molar-refractivity contribution in [3.63, 3.8) is 0 Å². The van der Waals surface area contributed by atoms with Crippen LogP contribution in [-0.2, 0) is 5.60 Å². The van der Waals surface area contributed by atoms with Gasteiger partial charge in [0.2, 0.25) is 0 Å². The van der Waals surface area contributed by atoms with Crippen molar-refractivity contribution in [1.82, 2.24) is 4.90 Å². The smallest absolute Gasteiger partial charge is 0.103 e. The van der Waals surface area contributed by atoms with Crippen LogP contribution in [0.25, 0.3) is 0 Å². The number of piperidine rings is 1. The third-order valence-corrected chi connectivity index (χ3v) is 4.23. The second-order valence-corrected chi connectivity index (χ2v) is 5.90. The van der Waals surface area contributed by atoms with Crippen molar-refractivity contribution >= 4 is 0 Å².